The Balaban J connectivity index is 2.33. The molecule has 1 aliphatic heterocycles. The molecule has 0 atom stereocenters. The molecule has 94 valence electrons. The highest BCUT2D eigenvalue weighted by atomic mass is 16.7. The van der Waals surface area contributed by atoms with Crippen molar-refractivity contribution in [1.82, 2.24) is 4.98 Å². The van der Waals surface area contributed by atoms with Gasteiger partial charge in [0.25, 0.3) is 0 Å². The summed E-state index contributed by atoms with van der Waals surface area (Å²) in [5.41, 5.74) is 6.32. The molecule has 0 saturated carbocycles. The molecule has 0 aromatic carbocycles. The third-order valence-corrected chi connectivity index (χ3v) is 3.61. The summed E-state index contributed by atoms with van der Waals surface area (Å²) in [6.07, 6.45) is 5.28. The second-order valence-corrected chi connectivity index (χ2v) is 5.40. The van der Waals surface area contributed by atoms with Crippen LogP contribution in [0.4, 0.5) is 5.82 Å². The zero-order valence-corrected chi connectivity index (χ0v) is 11.2. The van der Waals surface area contributed by atoms with Crippen LogP contribution in [0.3, 0.4) is 0 Å². The van der Waals surface area contributed by atoms with E-state index in [0.717, 1.165) is 0 Å². The van der Waals surface area contributed by atoms with Crippen LogP contribution in [0.5, 0.6) is 0 Å². The fourth-order valence-electron chi connectivity index (χ4n) is 1.74. The summed E-state index contributed by atoms with van der Waals surface area (Å²) in [4.78, 5) is 4.11. The van der Waals surface area contributed by atoms with E-state index in [9.17, 15) is 0 Å². The van der Waals surface area contributed by atoms with Crippen LogP contribution in [0.15, 0.2) is 12.1 Å². The van der Waals surface area contributed by atoms with Gasteiger partial charge in [-0.2, -0.15) is 0 Å². The lowest BCUT2D eigenvalue weighted by molar-refractivity contribution is 0.00578. The fourth-order valence-corrected chi connectivity index (χ4v) is 1.74. The third-order valence-electron chi connectivity index (χ3n) is 3.61. The molecule has 1 aromatic heterocycles. The molecule has 18 heavy (non-hydrogen) atoms. The number of hydrogen-bond acceptors (Lipinski definition) is 4. The summed E-state index contributed by atoms with van der Waals surface area (Å²) in [6.45, 7) is 7.97. The predicted octanol–water partition coefficient (Wildman–Crippen LogP) is 0.944. The normalized spacial score (nSPS) is 20.7. The van der Waals surface area contributed by atoms with Crippen molar-refractivity contribution < 1.29 is 9.31 Å². The van der Waals surface area contributed by atoms with E-state index < -0.39 is 18.3 Å². The molecule has 1 aliphatic rings. The number of aromatic nitrogens is 1. The monoisotopic (exact) mass is 244 g/mol. The van der Waals surface area contributed by atoms with Crippen LogP contribution in [-0.4, -0.2) is 23.3 Å². The lowest BCUT2D eigenvalue weighted by Crippen LogP contribution is -2.41. The van der Waals surface area contributed by atoms with E-state index in [1.165, 1.54) is 0 Å². The van der Waals surface area contributed by atoms with Crippen molar-refractivity contribution >= 4 is 18.4 Å². The zero-order chi connectivity index (χ0) is 13.6. The van der Waals surface area contributed by atoms with Gasteiger partial charge in [0.1, 0.15) is 11.5 Å². The van der Waals surface area contributed by atoms with Crippen LogP contribution < -0.4 is 11.2 Å². The first-order chi connectivity index (χ1) is 8.27. The van der Waals surface area contributed by atoms with Crippen molar-refractivity contribution in [2.24, 2.45) is 0 Å². The Hall–Kier alpha value is -1.51. The molecule has 0 radical (unpaired) electrons. The van der Waals surface area contributed by atoms with Gasteiger partial charge in [-0.3, -0.25) is 0 Å². The van der Waals surface area contributed by atoms with Gasteiger partial charge < -0.3 is 15.0 Å². The summed E-state index contributed by atoms with van der Waals surface area (Å²) < 4.78 is 11.8. The Morgan fingerprint density at radius 1 is 1.22 bits per heavy atom. The van der Waals surface area contributed by atoms with Gasteiger partial charge in [0.15, 0.2) is 0 Å². The minimum absolute atomic E-state index is 0.351. The summed E-state index contributed by atoms with van der Waals surface area (Å²) in [7, 11) is -0.505. The van der Waals surface area contributed by atoms with Crippen molar-refractivity contribution in [2.75, 3.05) is 5.73 Å². The maximum atomic E-state index is 5.91. The van der Waals surface area contributed by atoms with Crippen LogP contribution >= 0.6 is 0 Å². The maximum Gasteiger partial charge on any atom is 0.498 e. The molecule has 2 N–H and O–H groups in total. The molecular weight excluding hydrogens is 227 g/mol. The maximum absolute atomic E-state index is 5.91. The largest absolute Gasteiger partial charge is 0.498 e. The molecule has 0 aliphatic carbocycles. The van der Waals surface area contributed by atoms with Crippen LogP contribution in [-0.2, 0) is 9.31 Å². The Morgan fingerprint density at radius 3 is 2.22 bits per heavy atom. The van der Waals surface area contributed by atoms with E-state index in [-0.39, 0.29) is 0 Å². The Labute approximate surface area is 108 Å². The second kappa shape index (κ2) is 4.01. The number of hydrogen-bond donors (Lipinski definition) is 1. The highest BCUT2D eigenvalue weighted by Crippen LogP contribution is 2.36. The van der Waals surface area contributed by atoms with Gasteiger partial charge >= 0.3 is 7.12 Å². The topological polar surface area (TPSA) is 57.4 Å². The number of anilines is 1. The lowest BCUT2D eigenvalue weighted by atomic mass is 9.79. The Morgan fingerprint density at radius 2 is 1.78 bits per heavy atom. The molecule has 0 bridgehead atoms. The second-order valence-electron chi connectivity index (χ2n) is 5.40. The lowest BCUT2D eigenvalue weighted by Gasteiger charge is -2.32. The molecule has 0 amide bonds. The molecule has 1 aromatic rings. The average molecular weight is 244 g/mol. The average Bonchev–Trinajstić information content (AvgIpc) is 2.47. The van der Waals surface area contributed by atoms with E-state index >= 15 is 0 Å². The summed E-state index contributed by atoms with van der Waals surface area (Å²) >= 11 is 0. The SMILES string of the molecule is C#Cc1ccc(B2OC(C)(C)C(C)(C)O2)c(N)n1. The van der Waals surface area contributed by atoms with Crippen molar-refractivity contribution in [3.8, 4) is 12.3 Å². The first-order valence-electron chi connectivity index (χ1n) is 5.85. The number of nitrogen functional groups attached to an aromatic ring is 1. The molecule has 1 saturated heterocycles. The quantitative estimate of drug-likeness (QED) is 0.590. The van der Waals surface area contributed by atoms with Crippen molar-refractivity contribution in [3.63, 3.8) is 0 Å². The van der Waals surface area contributed by atoms with Gasteiger partial charge in [-0.25, -0.2) is 4.98 Å². The van der Waals surface area contributed by atoms with Crippen LogP contribution in [0.25, 0.3) is 0 Å². The standard InChI is InChI=1S/C13H17BN2O2/c1-6-9-7-8-10(11(15)16-9)14-17-12(2,3)13(4,5)18-14/h1,7-8H,2-5H3,(H2,15,16). The van der Waals surface area contributed by atoms with Gasteiger partial charge in [0.2, 0.25) is 0 Å². The van der Waals surface area contributed by atoms with E-state index in [1.807, 2.05) is 27.7 Å². The smallest absolute Gasteiger partial charge is 0.399 e. The minimum atomic E-state index is -0.505. The van der Waals surface area contributed by atoms with E-state index in [0.29, 0.717) is 17.0 Å². The fraction of sp³-hybridized carbons (Fsp3) is 0.462. The van der Waals surface area contributed by atoms with Gasteiger partial charge in [0, 0.05) is 5.46 Å². The van der Waals surface area contributed by atoms with Gasteiger partial charge in [-0.1, -0.05) is 12.0 Å². The molecular formula is C13H17BN2O2. The number of rotatable bonds is 1. The highest BCUT2D eigenvalue weighted by Gasteiger charge is 2.52. The van der Waals surface area contributed by atoms with Crippen LogP contribution in [0.2, 0.25) is 0 Å². The Kier molecular flexibility index (Phi) is 2.88. The predicted molar refractivity (Wildman–Crippen MR) is 72.3 cm³/mol. The van der Waals surface area contributed by atoms with Crippen molar-refractivity contribution in [3.05, 3.63) is 17.8 Å². The van der Waals surface area contributed by atoms with Crippen LogP contribution in [0.1, 0.15) is 33.4 Å². The van der Waals surface area contributed by atoms with E-state index in [4.69, 9.17) is 21.5 Å². The zero-order valence-electron chi connectivity index (χ0n) is 11.2. The Bertz CT molecular complexity index is 504. The third kappa shape index (κ3) is 1.98. The molecule has 2 heterocycles. The summed E-state index contributed by atoms with van der Waals surface area (Å²) in [5.74, 6) is 2.80. The molecule has 0 spiro atoms. The van der Waals surface area contributed by atoms with Crippen LogP contribution in [0, 0.1) is 12.3 Å². The minimum Gasteiger partial charge on any atom is -0.399 e. The first-order valence-corrected chi connectivity index (χ1v) is 5.85. The molecule has 5 heteroatoms. The summed E-state index contributed by atoms with van der Waals surface area (Å²) in [5, 5.41) is 0. The number of nitrogens with zero attached hydrogens (tertiary/aromatic N) is 1. The number of nitrogens with two attached hydrogens (primary N) is 1. The first kappa shape index (κ1) is 12.9. The molecule has 2 rings (SSSR count). The molecule has 4 nitrogen and oxygen atoms in total. The van der Waals surface area contributed by atoms with Crippen molar-refractivity contribution in [2.45, 2.75) is 38.9 Å². The number of pyridine rings is 1. The van der Waals surface area contributed by atoms with E-state index in [1.54, 1.807) is 12.1 Å². The van der Waals surface area contributed by atoms with E-state index in [2.05, 4.69) is 10.9 Å². The van der Waals surface area contributed by atoms with Gasteiger partial charge in [-0.15, -0.1) is 6.42 Å². The number of terminal acetylenes is 1. The molecule has 1 fully saturated rings. The summed E-state index contributed by atoms with van der Waals surface area (Å²) in [6, 6.07) is 3.54. The van der Waals surface area contributed by atoms with Gasteiger partial charge in [0.05, 0.1) is 11.2 Å². The highest BCUT2D eigenvalue weighted by molar-refractivity contribution is 6.63. The van der Waals surface area contributed by atoms with Crippen molar-refractivity contribution in [1.29, 1.82) is 0 Å². The van der Waals surface area contributed by atoms with Gasteiger partial charge in [-0.05, 0) is 33.8 Å². The molecule has 0 unspecified atom stereocenters.